The largest absolute Gasteiger partial charge is 0.497 e. The Bertz CT molecular complexity index is 442. The van der Waals surface area contributed by atoms with Gasteiger partial charge in [-0.05, 0) is 41.1 Å². The van der Waals surface area contributed by atoms with Crippen molar-refractivity contribution in [3.8, 4) is 5.75 Å². The Morgan fingerprint density at radius 1 is 1.29 bits per heavy atom. The molecule has 5 heteroatoms. The molecule has 4 nitrogen and oxygen atoms in total. The Labute approximate surface area is 108 Å². The number of esters is 1. The summed E-state index contributed by atoms with van der Waals surface area (Å²) in [5.41, 5.74) is 0.434. The van der Waals surface area contributed by atoms with E-state index in [0.717, 1.165) is 0 Å². The van der Waals surface area contributed by atoms with E-state index in [4.69, 9.17) is 4.74 Å². The van der Waals surface area contributed by atoms with Gasteiger partial charge in [-0.3, -0.25) is 9.59 Å². The Kier molecular flexibility index (Phi) is 4.69. The molecular formula is C12H13BrO4. The van der Waals surface area contributed by atoms with Crippen molar-refractivity contribution in [2.45, 2.75) is 6.92 Å². The monoisotopic (exact) mass is 300 g/mol. The van der Waals surface area contributed by atoms with E-state index in [1.165, 1.54) is 14.0 Å². The molecule has 1 atom stereocenters. The molecule has 0 aliphatic heterocycles. The van der Waals surface area contributed by atoms with Crippen molar-refractivity contribution in [2.24, 2.45) is 5.92 Å². The highest BCUT2D eigenvalue weighted by atomic mass is 79.9. The summed E-state index contributed by atoms with van der Waals surface area (Å²) in [6.45, 7) is 1.52. The number of methoxy groups -OCH3 is 2. The van der Waals surface area contributed by atoms with Crippen LogP contribution < -0.4 is 4.74 Å². The number of carbonyl (C=O) groups is 2. The van der Waals surface area contributed by atoms with Crippen LogP contribution in [0.1, 0.15) is 17.3 Å². The number of benzene rings is 1. The summed E-state index contributed by atoms with van der Waals surface area (Å²) >= 11 is 3.27. The molecule has 0 bridgehead atoms. The molecular weight excluding hydrogens is 288 g/mol. The fourth-order valence-corrected chi connectivity index (χ4v) is 1.89. The predicted molar refractivity (Wildman–Crippen MR) is 66.2 cm³/mol. The molecule has 0 heterocycles. The normalized spacial score (nSPS) is 11.8. The van der Waals surface area contributed by atoms with Crippen LogP contribution in [-0.4, -0.2) is 26.0 Å². The minimum Gasteiger partial charge on any atom is -0.497 e. The lowest BCUT2D eigenvalue weighted by Gasteiger charge is -2.10. The molecule has 1 rings (SSSR count). The molecule has 0 aliphatic carbocycles. The van der Waals surface area contributed by atoms with Crippen molar-refractivity contribution in [1.29, 1.82) is 0 Å². The third-order valence-corrected chi connectivity index (χ3v) is 3.05. The molecule has 0 saturated carbocycles. The van der Waals surface area contributed by atoms with Gasteiger partial charge in [-0.2, -0.15) is 0 Å². The SMILES string of the molecule is COC(=O)C(C)C(=O)c1ccc(OC)cc1Br. The number of hydrogen-bond donors (Lipinski definition) is 0. The smallest absolute Gasteiger partial charge is 0.316 e. The van der Waals surface area contributed by atoms with Crippen LogP contribution in [0, 0.1) is 5.92 Å². The number of rotatable bonds is 4. The summed E-state index contributed by atoms with van der Waals surface area (Å²) in [4.78, 5) is 23.3. The van der Waals surface area contributed by atoms with Gasteiger partial charge in [-0.15, -0.1) is 0 Å². The second kappa shape index (κ2) is 5.82. The number of hydrogen-bond acceptors (Lipinski definition) is 4. The van der Waals surface area contributed by atoms with Gasteiger partial charge < -0.3 is 9.47 Å². The van der Waals surface area contributed by atoms with Crippen LogP contribution in [0.4, 0.5) is 0 Å². The number of Topliss-reactive ketones (excluding diaryl/α,β-unsaturated/α-hetero) is 1. The molecule has 92 valence electrons. The number of halogens is 1. The van der Waals surface area contributed by atoms with Gasteiger partial charge in [0, 0.05) is 10.0 Å². The van der Waals surface area contributed by atoms with Crippen molar-refractivity contribution in [1.82, 2.24) is 0 Å². The second-order valence-corrected chi connectivity index (χ2v) is 4.31. The fourth-order valence-electron chi connectivity index (χ4n) is 1.34. The fraction of sp³-hybridized carbons (Fsp3) is 0.333. The summed E-state index contributed by atoms with van der Waals surface area (Å²) in [6, 6.07) is 4.96. The Morgan fingerprint density at radius 3 is 2.41 bits per heavy atom. The number of carbonyl (C=O) groups excluding carboxylic acids is 2. The van der Waals surface area contributed by atoms with E-state index in [2.05, 4.69) is 20.7 Å². The summed E-state index contributed by atoms with van der Waals surface area (Å²) in [6.07, 6.45) is 0. The Balaban J connectivity index is 3.01. The van der Waals surface area contributed by atoms with Crippen LogP contribution in [0.15, 0.2) is 22.7 Å². The van der Waals surface area contributed by atoms with Gasteiger partial charge in [0.15, 0.2) is 5.78 Å². The van der Waals surface area contributed by atoms with Gasteiger partial charge in [-0.25, -0.2) is 0 Å². The van der Waals surface area contributed by atoms with E-state index < -0.39 is 11.9 Å². The topological polar surface area (TPSA) is 52.6 Å². The Morgan fingerprint density at radius 2 is 1.94 bits per heavy atom. The highest BCUT2D eigenvalue weighted by Crippen LogP contribution is 2.25. The van der Waals surface area contributed by atoms with Gasteiger partial charge >= 0.3 is 5.97 Å². The maximum Gasteiger partial charge on any atom is 0.316 e. The van der Waals surface area contributed by atoms with E-state index in [-0.39, 0.29) is 5.78 Å². The minimum absolute atomic E-state index is 0.286. The first kappa shape index (κ1) is 13.7. The van der Waals surface area contributed by atoms with Crippen molar-refractivity contribution >= 4 is 27.7 Å². The van der Waals surface area contributed by atoms with Crippen molar-refractivity contribution < 1.29 is 19.1 Å². The highest BCUT2D eigenvalue weighted by molar-refractivity contribution is 9.10. The third-order valence-electron chi connectivity index (χ3n) is 2.39. The molecule has 0 radical (unpaired) electrons. The summed E-state index contributed by atoms with van der Waals surface area (Å²) < 4.78 is 10.2. The zero-order valence-electron chi connectivity index (χ0n) is 9.82. The molecule has 1 unspecified atom stereocenters. The first-order valence-corrected chi connectivity index (χ1v) is 5.76. The molecule has 17 heavy (non-hydrogen) atoms. The molecule has 0 fully saturated rings. The van der Waals surface area contributed by atoms with E-state index >= 15 is 0 Å². The standard InChI is InChI=1S/C12H13BrO4/c1-7(12(15)17-3)11(14)9-5-4-8(16-2)6-10(9)13/h4-7H,1-3H3. The van der Waals surface area contributed by atoms with Crippen LogP contribution in [0.2, 0.25) is 0 Å². The van der Waals surface area contributed by atoms with Gasteiger partial charge in [-0.1, -0.05) is 0 Å². The summed E-state index contributed by atoms with van der Waals surface area (Å²) in [5.74, 6) is -1.01. The van der Waals surface area contributed by atoms with Gasteiger partial charge in [0.25, 0.3) is 0 Å². The second-order valence-electron chi connectivity index (χ2n) is 3.45. The molecule has 1 aromatic carbocycles. The van der Waals surface area contributed by atoms with E-state index in [9.17, 15) is 9.59 Å². The van der Waals surface area contributed by atoms with E-state index in [1.54, 1.807) is 25.3 Å². The van der Waals surface area contributed by atoms with Gasteiger partial charge in [0.05, 0.1) is 14.2 Å². The zero-order valence-corrected chi connectivity index (χ0v) is 11.4. The van der Waals surface area contributed by atoms with Crippen molar-refractivity contribution in [3.63, 3.8) is 0 Å². The lowest BCUT2D eigenvalue weighted by molar-refractivity contribution is -0.143. The van der Waals surface area contributed by atoms with Crippen molar-refractivity contribution in [3.05, 3.63) is 28.2 Å². The molecule has 0 spiro atoms. The van der Waals surface area contributed by atoms with Crippen LogP contribution in [0.25, 0.3) is 0 Å². The first-order chi connectivity index (χ1) is 8.01. The average Bonchev–Trinajstić information content (AvgIpc) is 2.35. The summed E-state index contributed by atoms with van der Waals surface area (Å²) in [5, 5.41) is 0. The molecule has 1 aromatic rings. The molecule has 0 aromatic heterocycles. The molecule has 0 amide bonds. The quantitative estimate of drug-likeness (QED) is 0.487. The number of ketones is 1. The van der Waals surface area contributed by atoms with Crippen LogP contribution in [0.5, 0.6) is 5.75 Å². The van der Waals surface area contributed by atoms with Crippen molar-refractivity contribution in [2.75, 3.05) is 14.2 Å². The number of ether oxygens (including phenoxy) is 2. The third kappa shape index (κ3) is 3.06. The zero-order chi connectivity index (χ0) is 13.0. The minimum atomic E-state index is -0.815. The van der Waals surface area contributed by atoms with Crippen LogP contribution >= 0.6 is 15.9 Å². The highest BCUT2D eigenvalue weighted by Gasteiger charge is 2.25. The maximum absolute atomic E-state index is 12.0. The van der Waals surface area contributed by atoms with Crippen LogP contribution in [-0.2, 0) is 9.53 Å². The van der Waals surface area contributed by atoms with Crippen LogP contribution in [0.3, 0.4) is 0 Å². The lowest BCUT2D eigenvalue weighted by Crippen LogP contribution is -2.22. The first-order valence-electron chi connectivity index (χ1n) is 4.96. The predicted octanol–water partition coefficient (Wildman–Crippen LogP) is 2.45. The Hall–Kier alpha value is -1.36. The van der Waals surface area contributed by atoms with E-state index in [1.807, 2.05) is 0 Å². The van der Waals surface area contributed by atoms with Gasteiger partial charge in [0.2, 0.25) is 0 Å². The van der Waals surface area contributed by atoms with E-state index in [0.29, 0.717) is 15.8 Å². The molecule has 0 N–H and O–H groups in total. The molecule has 0 saturated heterocycles. The van der Waals surface area contributed by atoms with Gasteiger partial charge in [0.1, 0.15) is 11.7 Å². The summed E-state index contributed by atoms with van der Waals surface area (Å²) in [7, 11) is 2.80. The molecule has 0 aliphatic rings. The average molecular weight is 301 g/mol. The maximum atomic E-state index is 12.0. The lowest BCUT2D eigenvalue weighted by atomic mass is 9.99.